The van der Waals surface area contributed by atoms with Crippen LogP contribution in [0.15, 0.2) is 206 Å². The number of nitrogens with zero attached hydrogens (tertiary/aromatic N) is 4. The van der Waals surface area contributed by atoms with Crippen LogP contribution in [0.25, 0.3) is 114 Å². The third-order valence-corrected chi connectivity index (χ3v) is 14.3. The number of aromatic nitrogens is 3. The molecule has 14 rings (SSSR count). The Morgan fingerprint density at radius 2 is 1.05 bits per heavy atom. The molecule has 4 heterocycles. The maximum Gasteiger partial charge on any atom is 0.161 e. The van der Waals surface area contributed by atoms with Crippen LogP contribution >= 0.6 is 11.3 Å². The number of hydrogen-bond acceptors (Lipinski definition) is 4. The summed E-state index contributed by atoms with van der Waals surface area (Å²) in [7, 11) is 0. The quantitative estimate of drug-likeness (QED) is 0.177. The van der Waals surface area contributed by atoms with Crippen LogP contribution in [0.2, 0.25) is 0 Å². The zero-order valence-corrected chi connectivity index (χ0v) is 34.6. The molecule has 1 aliphatic heterocycles. The molecule has 0 saturated heterocycles. The van der Waals surface area contributed by atoms with Crippen LogP contribution in [-0.4, -0.2) is 14.5 Å². The Morgan fingerprint density at radius 3 is 1.94 bits per heavy atom. The Morgan fingerprint density at radius 1 is 0.381 bits per heavy atom. The summed E-state index contributed by atoms with van der Waals surface area (Å²) >= 11 is 1.78. The van der Waals surface area contributed by atoms with E-state index in [1.54, 1.807) is 11.3 Å². The summed E-state index contributed by atoms with van der Waals surface area (Å²) < 4.78 is 4.67. The number of rotatable bonds is 4. The molecule has 0 unspecified atom stereocenters. The Kier molecular flexibility index (Phi) is 7.24. The number of fused-ring (bicyclic) bond motifs is 11. The molecule has 0 amide bonds. The highest BCUT2D eigenvalue weighted by molar-refractivity contribution is 7.26. The van der Waals surface area contributed by atoms with Gasteiger partial charge in [-0.1, -0.05) is 152 Å². The van der Waals surface area contributed by atoms with Crippen molar-refractivity contribution in [3.8, 4) is 39.5 Å². The number of hydrogen-bond donors (Lipinski definition) is 0. The number of benzene rings is 10. The smallest absolute Gasteiger partial charge is 0.161 e. The summed E-state index contributed by atoms with van der Waals surface area (Å²) in [4.78, 5) is 13.7. The molecule has 0 N–H and O–H groups in total. The molecule has 1 aliphatic rings. The highest BCUT2D eigenvalue weighted by atomic mass is 32.1. The van der Waals surface area contributed by atoms with Crippen molar-refractivity contribution in [2.45, 2.75) is 0 Å². The molecule has 0 fully saturated rings. The summed E-state index contributed by atoms with van der Waals surface area (Å²) in [6.45, 7) is 0. The maximum absolute atomic E-state index is 5.68. The third-order valence-electron chi connectivity index (χ3n) is 13.1. The second-order valence-electron chi connectivity index (χ2n) is 16.4. The predicted octanol–water partition coefficient (Wildman–Crippen LogP) is 16.2. The van der Waals surface area contributed by atoms with Crippen LogP contribution in [0.1, 0.15) is 0 Å². The van der Waals surface area contributed by atoms with Crippen LogP contribution in [0, 0.1) is 0 Å². The monoisotopic (exact) mass is 818 g/mol. The first kappa shape index (κ1) is 34.6. The molecular formula is C58H34N4S. The minimum atomic E-state index is 0.713. The Balaban J connectivity index is 1.04. The molecule has 0 spiro atoms. The molecule has 3 aromatic heterocycles. The third kappa shape index (κ3) is 4.91. The number of thiophene rings is 1. The van der Waals surface area contributed by atoms with Crippen LogP contribution < -0.4 is 4.90 Å². The van der Waals surface area contributed by atoms with Crippen molar-refractivity contribution in [1.82, 2.24) is 14.5 Å². The van der Waals surface area contributed by atoms with E-state index in [1.807, 2.05) is 0 Å². The fourth-order valence-corrected chi connectivity index (χ4v) is 11.6. The summed E-state index contributed by atoms with van der Waals surface area (Å²) in [5.74, 6) is 0.713. The van der Waals surface area contributed by atoms with Crippen molar-refractivity contribution >= 4 is 103 Å². The molecule has 63 heavy (non-hydrogen) atoms. The first-order valence-corrected chi connectivity index (χ1v) is 22.2. The molecule has 0 radical (unpaired) electrons. The molecule has 0 saturated carbocycles. The Hall–Kier alpha value is -8.12. The van der Waals surface area contributed by atoms with E-state index in [0.717, 1.165) is 60.1 Å². The normalized spacial score (nSPS) is 12.4. The molecule has 0 aliphatic carbocycles. The maximum atomic E-state index is 5.68. The fraction of sp³-hybridized carbons (Fsp3) is 0. The van der Waals surface area contributed by atoms with Crippen LogP contribution in [-0.2, 0) is 0 Å². The van der Waals surface area contributed by atoms with Crippen molar-refractivity contribution in [3.63, 3.8) is 0 Å². The van der Waals surface area contributed by atoms with Gasteiger partial charge in [-0.25, -0.2) is 9.97 Å². The summed E-state index contributed by atoms with van der Waals surface area (Å²) in [6.07, 6.45) is 0. The zero-order valence-electron chi connectivity index (χ0n) is 33.8. The van der Waals surface area contributed by atoms with Gasteiger partial charge in [0.05, 0.1) is 44.0 Å². The van der Waals surface area contributed by atoms with Gasteiger partial charge in [0.15, 0.2) is 5.82 Å². The first-order valence-electron chi connectivity index (χ1n) is 21.4. The fourth-order valence-electron chi connectivity index (χ4n) is 10.5. The van der Waals surface area contributed by atoms with Crippen LogP contribution in [0.3, 0.4) is 0 Å². The van der Waals surface area contributed by atoms with Gasteiger partial charge in [-0.05, 0) is 81.7 Å². The van der Waals surface area contributed by atoms with Crippen molar-refractivity contribution < 1.29 is 0 Å². The second kappa shape index (κ2) is 13.2. The molecule has 0 atom stereocenters. The SMILES string of the molecule is c1ccc(-n2c3ccccc3c3c(-c4nc(-c5ccc(N6c7ccc8ccccc8c7-c7cccc8cccc6c78)c6ccccc56)nc5c4sc4ccccc45)cccc32)cc1. The van der Waals surface area contributed by atoms with Crippen molar-refractivity contribution in [3.05, 3.63) is 206 Å². The topological polar surface area (TPSA) is 34.0 Å². The predicted molar refractivity (Wildman–Crippen MR) is 266 cm³/mol. The van der Waals surface area contributed by atoms with E-state index < -0.39 is 0 Å². The summed E-state index contributed by atoms with van der Waals surface area (Å²) in [5.41, 5.74) is 13.5. The molecule has 0 bridgehead atoms. The van der Waals surface area contributed by atoms with Gasteiger partial charge < -0.3 is 9.47 Å². The van der Waals surface area contributed by atoms with Crippen molar-refractivity contribution in [2.24, 2.45) is 0 Å². The van der Waals surface area contributed by atoms with Crippen molar-refractivity contribution in [2.75, 3.05) is 4.90 Å². The Labute approximate surface area is 366 Å². The molecule has 10 aromatic carbocycles. The van der Waals surface area contributed by atoms with Gasteiger partial charge in [0, 0.05) is 54.0 Å². The van der Waals surface area contributed by atoms with E-state index in [2.05, 4.69) is 216 Å². The minimum Gasteiger partial charge on any atom is -0.309 e. The number of para-hydroxylation sites is 2. The number of anilines is 3. The lowest BCUT2D eigenvalue weighted by Gasteiger charge is -2.35. The van der Waals surface area contributed by atoms with E-state index in [-0.39, 0.29) is 0 Å². The standard InChI is InChI=1S/C58H34N4S/c1-2-18-37(19-3-1)61-46-27-10-8-23-42(46)54-45(26-14-29-49(54)61)56-57-55(43-24-9-11-30-51(43)63-57)59-58(60-56)41-32-34-47(40-22-7-6-21-39(40)41)62-48-28-13-17-36-16-12-25-44(52(36)48)53-38-20-5-4-15-35(38)31-33-50(53)62/h1-34H. The molecule has 4 nitrogen and oxygen atoms in total. The average molecular weight is 819 g/mol. The lowest BCUT2D eigenvalue weighted by molar-refractivity contribution is 1.18. The van der Waals surface area contributed by atoms with E-state index in [4.69, 9.17) is 9.97 Å². The molecule has 5 heteroatoms. The largest absolute Gasteiger partial charge is 0.309 e. The van der Waals surface area contributed by atoms with Gasteiger partial charge in [0.25, 0.3) is 0 Å². The first-order chi connectivity index (χ1) is 31.3. The van der Waals surface area contributed by atoms with Crippen LogP contribution in [0.4, 0.5) is 17.1 Å². The van der Waals surface area contributed by atoms with Gasteiger partial charge in [0.2, 0.25) is 0 Å². The lowest BCUT2D eigenvalue weighted by Crippen LogP contribution is -2.15. The highest BCUT2D eigenvalue weighted by Crippen LogP contribution is 2.55. The molecule has 292 valence electrons. The van der Waals surface area contributed by atoms with Gasteiger partial charge in [-0.3, -0.25) is 0 Å². The van der Waals surface area contributed by atoms with E-state index >= 15 is 0 Å². The van der Waals surface area contributed by atoms with Gasteiger partial charge >= 0.3 is 0 Å². The summed E-state index contributed by atoms with van der Waals surface area (Å²) in [5, 5.41) is 10.8. The minimum absolute atomic E-state index is 0.713. The second-order valence-corrected chi connectivity index (χ2v) is 17.5. The Bertz CT molecular complexity index is 4040. The lowest BCUT2D eigenvalue weighted by atomic mass is 9.87. The van der Waals surface area contributed by atoms with E-state index in [1.165, 1.54) is 65.0 Å². The highest BCUT2D eigenvalue weighted by Gasteiger charge is 2.29. The van der Waals surface area contributed by atoms with Gasteiger partial charge in [-0.15, -0.1) is 11.3 Å². The summed E-state index contributed by atoms with van der Waals surface area (Å²) in [6, 6.07) is 74.8. The van der Waals surface area contributed by atoms with E-state index in [0.29, 0.717) is 5.82 Å². The van der Waals surface area contributed by atoms with Gasteiger partial charge in [0.1, 0.15) is 0 Å². The van der Waals surface area contributed by atoms with Gasteiger partial charge in [-0.2, -0.15) is 0 Å². The van der Waals surface area contributed by atoms with Crippen LogP contribution in [0.5, 0.6) is 0 Å². The molecule has 13 aromatic rings. The van der Waals surface area contributed by atoms with E-state index in [9.17, 15) is 0 Å². The average Bonchev–Trinajstić information content (AvgIpc) is 3.90. The van der Waals surface area contributed by atoms with Crippen molar-refractivity contribution in [1.29, 1.82) is 0 Å². The molecular weight excluding hydrogens is 785 g/mol. The zero-order chi connectivity index (χ0) is 41.2.